The van der Waals surface area contributed by atoms with Crippen LogP contribution in [-0.2, 0) is 6.54 Å². The zero-order valence-corrected chi connectivity index (χ0v) is 10.1. The van der Waals surface area contributed by atoms with E-state index in [4.69, 9.17) is 10.0 Å². The van der Waals surface area contributed by atoms with Crippen LogP contribution in [0.1, 0.15) is 31.4 Å². The van der Waals surface area contributed by atoms with Crippen LogP contribution in [0.4, 0.5) is 0 Å². The lowest BCUT2D eigenvalue weighted by molar-refractivity contribution is 0.424. The maximum absolute atomic E-state index is 11.9. The van der Waals surface area contributed by atoms with Crippen LogP contribution < -0.4 is 11.0 Å². The Hall–Kier alpha value is -1.07. The molecule has 1 heterocycles. The third-order valence-corrected chi connectivity index (χ3v) is 3.57. The molecule has 1 aliphatic carbocycles. The normalized spacial score (nSPS) is 16.4. The van der Waals surface area contributed by atoms with E-state index in [0.29, 0.717) is 5.92 Å². The second kappa shape index (κ2) is 5.06. The summed E-state index contributed by atoms with van der Waals surface area (Å²) in [6.45, 7) is 2.59. The highest BCUT2D eigenvalue weighted by Gasteiger charge is 2.18. The monoisotopic (exact) mass is 235 g/mol. The zero-order valence-electron chi connectivity index (χ0n) is 10.1. The van der Waals surface area contributed by atoms with Crippen LogP contribution in [-0.4, -0.2) is 21.7 Å². The van der Waals surface area contributed by atoms with E-state index in [0.717, 1.165) is 12.2 Å². The molecule has 1 aromatic heterocycles. The molecule has 0 saturated heterocycles. The number of aryl methyl sites for hydroxylation is 1. The molecule has 1 saturated carbocycles. The maximum atomic E-state index is 11.9. The highest BCUT2D eigenvalue weighted by molar-refractivity contribution is 6.58. The number of rotatable bonds is 3. The fourth-order valence-electron chi connectivity index (χ4n) is 2.59. The minimum atomic E-state index is -1.57. The molecule has 0 atom stereocenters. The van der Waals surface area contributed by atoms with Gasteiger partial charge in [0.2, 0.25) is 5.56 Å². The summed E-state index contributed by atoms with van der Waals surface area (Å²) >= 11 is 0. The van der Waals surface area contributed by atoms with Crippen molar-refractivity contribution in [3.63, 3.8) is 0 Å². The van der Waals surface area contributed by atoms with Crippen molar-refractivity contribution >= 4 is 12.6 Å². The number of pyridine rings is 1. The van der Waals surface area contributed by atoms with Crippen molar-refractivity contribution < 1.29 is 10.0 Å². The number of hydrogen-bond donors (Lipinski definition) is 2. The largest absolute Gasteiger partial charge is 0.488 e. The van der Waals surface area contributed by atoms with Crippen molar-refractivity contribution in [3.05, 3.63) is 28.2 Å². The van der Waals surface area contributed by atoms with Gasteiger partial charge in [0.1, 0.15) is 0 Å². The fourth-order valence-corrected chi connectivity index (χ4v) is 2.59. The average Bonchev–Trinajstić information content (AvgIpc) is 2.75. The average molecular weight is 235 g/mol. The quantitative estimate of drug-likeness (QED) is 0.726. The topological polar surface area (TPSA) is 62.5 Å². The van der Waals surface area contributed by atoms with E-state index < -0.39 is 7.12 Å². The lowest BCUT2D eigenvalue weighted by Gasteiger charge is -2.15. The molecule has 0 aliphatic heterocycles. The van der Waals surface area contributed by atoms with E-state index >= 15 is 0 Å². The van der Waals surface area contributed by atoms with Crippen molar-refractivity contribution in [1.82, 2.24) is 4.57 Å². The minimum absolute atomic E-state index is 0.139. The highest BCUT2D eigenvalue weighted by atomic mass is 16.4. The molecule has 92 valence electrons. The smallest absolute Gasteiger partial charge is 0.423 e. The van der Waals surface area contributed by atoms with Gasteiger partial charge in [-0.3, -0.25) is 4.79 Å². The van der Waals surface area contributed by atoms with Gasteiger partial charge in [-0.1, -0.05) is 12.8 Å². The molecular formula is C12H18BNO3. The summed E-state index contributed by atoms with van der Waals surface area (Å²) in [6, 6.07) is 2.98. The van der Waals surface area contributed by atoms with Gasteiger partial charge in [-0.15, -0.1) is 0 Å². The van der Waals surface area contributed by atoms with E-state index in [1.54, 1.807) is 10.6 Å². The maximum Gasteiger partial charge on any atom is 0.488 e. The SMILES string of the molecule is Cc1cc(B(O)O)cc(=O)n1CC1CCCC1. The van der Waals surface area contributed by atoms with Crippen molar-refractivity contribution in [2.75, 3.05) is 0 Å². The molecule has 0 aromatic carbocycles. The summed E-state index contributed by atoms with van der Waals surface area (Å²) in [4.78, 5) is 11.9. The fraction of sp³-hybridized carbons (Fsp3) is 0.583. The predicted octanol–water partition coefficient (Wildman–Crippen LogP) is 0.0267. The first kappa shape index (κ1) is 12.4. The molecule has 1 aromatic rings. The van der Waals surface area contributed by atoms with Crippen molar-refractivity contribution in [2.45, 2.75) is 39.2 Å². The molecule has 4 nitrogen and oxygen atoms in total. The minimum Gasteiger partial charge on any atom is -0.423 e. The van der Waals surface area contributed by atoms with Crippen molar-refractivity contribution in [3.8, 4) is 0 Å². The van der Waals surface area contributed by atoms with E-state index in [-0.39, 0.29) is 11.0 Å². The van der Waals surface area contributed by atoms with Crippen molar-refractivity contribution in [1.29, 1.82) is 0 Å². The number of nitrogens with zero attached hydrogens (tertiary/aromatic N) is 1. The Bertz CT molecular complexity index is 450. The molecule has 0 unspecified atom stereocenters. The summed E-state index contributed by atoms with van der Waals surface area (Å²) < 4.78 is 1.74. The van der Waals surface area contributed by atoms with Gasteiger partial charge in [0.15, 0.2) is 0 Å². The Kier molecular flexibility index (Phi) is 3.69. The van der Waals surface area contributed by atoms with E-state index in [1.807, 2.05) is 6.92 Å². The molecule has 17 heavy (non-hydrogen) atoms. The zero-order chi connectivity index (χ0) is 12.4. The molecule has 0 bridgehead atoms. The molecule has 0 amide bonds. The lowest BCUT2D eigenvalue weighted by Crippen LogP contribution is -2.37. The van der Waals surface area contributed by atoms with E-state index in [9.17, 15) is 4.79 Å². The number of aromatic nitrogens is 1. The second-order valence-electron chi connectivity index (χ2n) is 4.90. The number of hydrogen-bond acceptors (Lipinski definition) is 3. The Labute approximate surface area is 101 Å². The van der Waals surface area contributed by atoms with Gasteiger partial charge in [0.25, 0.3) is 0 Å². The van der Waals surface area contributed by atoms with Crippen LogP contribution >= 0.6 is 0 Å². The first-order valence-corrected chi connectivity index (χ1v) is 6.15. The van der Waals surface area contributed by atoms with Gasteiger partial charge in [-0.05, 0) is 37.2 Å². The third-order valence-electron chi connectivity index (χ3n) is 3.57. The standard InChI is InChI=1S/C12H18BNO3/c1-9-6-11(13(16)17)7-12(15)14(9)8-10-4-2-3-5-10/h6-7,10,16-17H,2-5,8H2,1H3. The molecule has 2 N–H and O–H groups in total. The molecule has 1 fully saturated rings. The van der Waals surface area contributed by atoms with Gasteiger partial charge in [0.05, 0.1) is 0 Å². The lowest BCUT2D eigenvalue weighted by atomic mass is 9.80. The van der Waals surface area contributed by atoms with Crippen molar-refractivity contribution in [2.24, 2.45) is 5.92 Å². The summed E-state index contributed by atoms with van der Waals surface area (Å²) in [5.74, 6) is 0.594. The molecule has 0 spiro atoms. The molecule has 5 heteroatoms. The van der Waals surface area contributed by atoms with Crippen LogP contribution in [0.5, 0.6) is 0 Å². The summed E-state index contributed by atoms with van der Waals surface area (Å²) in [7, 11) is -1.57. The second-order valence-corrected chi connectivity index (χ2v) is 4.90. The molecule has 2 rings (SSSR count). The van der Waals surface area contributed by atoms with E-state index in [2.05, 4.69) is 0 Å². The Morgan fingerprint density at radius 1 is 1.35 bits per heavy atom. The molecular weight excluding hydrogens is 217 g/mol. The Morgan fingerprint density at radius 3 is 2.53 bits per heavy atom. The van der Waals surface area contributed by atoms with Crippen LogP contribution in [0, 0.1) is 12.8 Å². The van der Waals surface area contributed by atoms with Crippen LogP contribution in [0.15, 0.2) is 16.9 Å². The summed E-state index contributed by atoms with van der Waals surface area (Å²) in [5, 5.41) is 18.1. The first-order chi connectivity index (χ1) is 8.08. The summed E-state index contributed by atoms with van der Waals surface area (Å²) in [6.07, 6.45) is 4.89. The van der Waals surface area contributed by atoms with Crippen LogP contribution in [0.2, 0.25) is 0 Å². The Morgan fingerprint density at radius 2 is 2.00 bits per heavy atom. The van der Waals surface area contributed by atoms with Gasteiger partial charge in [-0.2, -0.15) is 0 Å². The predicted molar refractivity (Wildman–Crippen MR) is 67.2 cm³/mol. The van der Waals surface area contributed by atoms with Gasteiger partial charge in [0, 0.05) is 18.3 Å². The van der Waals surface area contributed by atoms with Crippen LogP contribution in [0.3, 0.4) is 0 Å². The van der Waals surface area contributed by atoms with Crippen LogP contribution in [0.25, 0.3) is 0 Å². The van der Waals surface area contributed by atoms with Gasteiger partial charge >= 0.3 is 7.12 Å². The molecule has 0 radical (unpaired) electrons. The Balaban J connectivity index is 2.25. The van der Waals surface area contributed by atoms with E-state index in [1.165, 1.54) is 31.7 Å². The summed E-state index contributed by atoms with van der Waals surface area (Å²) in [5.41, 5.74) is 0.933. The third kappa shape index (κ3) is 2.79. The first-order valence-electron chi connectivity index (χ1n) is 6.15. The van der Waals surface area contributed by atoms with Gasteiger partial charge in [-0.25, -0.2) is 0 Å². The van der Waals surface area contributed by atoms with Gasteiger partial charge < -0.3 is 14.6 Å². The molecule has 1 aliphatic rings. The highest BCUT2D eigenvalue weighted by Crippen LogP contribution is 2.25.